The van der Waals surface area contributed by atoms with Crippen LogP contribution in [0.1, 0.15) is 386 Å². The lowest BCUT2D eigenvalue weighted by atomic mass is 10.0. The summed E-state index contributed by atoms with van der Waals surface area (Å²) in [5, 5.41) is 9.77. The minimum Gasteiger partial charge on any atom is -0.477 e. The molecular weight excluding hydrogens is 1130 g/mol. The molecule has 9 heteroatoms. The highest BCUT2D eigenvalue weighted by atomic mass is 16.7. The van der Waals surface area contributed by atoms with Crippen molar-refractivity contribution in [1.82, 2.24) is 0 Å². The van der Waals surface area contributed by atoms with E-state index in [4.69, 9.17) is 18.9 Å². The zero-order chi connectivity index (χ0) is 66.1. The molecule has 0 saturated carbocycles. The third-order valence-corrected chi connectivity index (χ3v) is 17.8. The molecule has 0 aromatic heterocycles. The predicted octanol–water partition coefficient (Wildman–Crippen LogP) is 25.0. The van der Waals surface area contributed by atoms with Gasteiger partial charge in [0.1, 0.15) is 13.2 Å². The molecule has 2 unspecified atom stereocenters. The van der Waals surface area contributed by atoms with Crippen molar-refractivity contribution in [3.05, 3.63) is 60.8 Å². The van der Waals surface area contributed by atoms with Crippen LogP contribution in [0.5, 0.6) is 0 Å². The Bertz CT molecular complexity index is 1680. The molecule has 0 rings (SSSR count). The Morgan fingerprint density at radius 1 is 0.341 bits per heavy atom. The molecule has 0 spiro atoms. The third kappa shape index (κ3) is 74.3. The monoisotopic (exact) mass is 1280 g/mol. The maximum Gasteiger partial charge on any atom is 0.361 e. The predicted molar refractivity (Wildman–Crippen MR) is 392 cm³/mol. The zero-order valence-electron chi connectivity index (χ0n) is 61.0. The van der Waals surface area contributed by atoms with Crippen molar-refractivity contribution >= 4 is 17.9 Å². The Labute approximate surface area is 565 Å². The lowest BCUT2D eigenvalue weighted by Gasteiger charge is -2.25. The van der Waals surface area contributed by atoms with Crippen molar-refractivity contribution in [3.63, 3.8) is 0 Å². The summed E-state index contributed by atoms with van der Waals surface area (Å²) in [5.74, 6) is -1.97. The van der Waals surface area contributed by atoms with Crippen LogP contribution in [0, 0.1) is 0 Å². The molecule has 0 radical (unpaired) electrons. The minimum absolute atomic E-state index is 0.177. The van der Waals surface area contributed by atoms with Crippen LogP contribution in [-0.2, 0) is 33.3 Å². The lowest BCUT2D eigenvalue weighted by Crippen LogP contribution is -2.40. The van der Waals surface area contributed by atoms with Gasteiger partial charge in [-0.25, -0.2) is 4.79 Å². The van der Waals surface area contributed by atoms with Crippen molar-refractivity contribution in [3.8, 4) is 0 Å². The Hall–Kier alpha value is -3.01. The number of carbonyl (C=O) groups is 3. The van der Waals surface area contributed by atoms with Crippen LogP contribution in [0.3, 0.4) is 0 Å². The number of hydrogen-bond acceptors (Lipinski definition) is 7. The number of carbonyl (C=O) groups excluding carboxylic acids is 2. The quantitative estimate of drug-likeness (QED) is 0.0211. The number of esters is 2. The van der Waals surface area contributed by atoms with Gasteiger partial charge in [0.05, 0.1) is 34.4 Å². The van der Waals surface area contributed by atoms with E-state index < -0.39 is 18.4 Å². The maximum atomic E-state index is 13.0. The van der Waals surface area contributed by atoms with Crippen molar-refractivity contribution in [2.24, 2.45) is 0 Å². The van der Waals surface area contributed by atoms with Crippen LogP contribution in [0.2, 0.25) is 0 Å². The van der Waals surface area contributed by atoms with Crippen LogP contribution in [-0.4, -0.2) is 87.4 Å². The zero-order valence-corrected chi connectivity index (χ0v) is 61.0. The standard InChI is InChI=1S/C82H151NO8/c1-6-8-10-12-14-16-18-20-22-24-26-28-30-32-34-36-38-39-40-41-43-45-47-49-51-53-55-57-59-61-63-65-67-69-71-73-80(85)91-78(77-90-82(81(86)87)88-75-74-83(3,4)5)76-89-79(84)72-70-68-66-64-62-60-58-56-54-52-50-48-46-44-42-37-35-33-31-29-27-25-23-21-19-17-15-13-11-9-7-2/h8,10,14,16,20,22,26,28,32,34,78,82H,6-7,9,11-13,15,17-19,21,23-25,27,29-31,33,35-77H2,1-5H3/p+1/b10-8-,16-14-,22-20-,28-26-,34-32-. The number of hydrogen-bond donors (Lipinski definition) is 1. The fraction of sp³-hybridized carbons (Fsp3) is 0.841. The summed E-state index contributed by atoms with van der Waals surface area (Å²) in [6.45, 7) is 4.84. The smallest absolute Gasteiger partial charge is 0.361 e. The number of likely N-dealkylation sites (N-methyl/N-ethyl adjacent to an activating group) is 1. The minimum atomic E-state index is -1.51. The lowest BCUT2D eigenvalue weighted by molar-refractivity contribution is -0.870. The van der Waals surface area contributed by atoms with E-state index in [0.29, 0.717) is 17.4 Å². The normalized spacial score (nSPS) is 12.9. The van der Waals surface area contributed by atoms with E-state index in [-0.39, 0.29) is 38.2 Å². The van der Waals surface area contributed by atoms with Crippen LogP contribution < -0.4 is 0 Å². The molecular formula is C82H152NO8+. The number of rotatable bonds is 74. The molecule has 0 aliphatic rings. The molecule has 0 bridgehead atoms. The van der Waals surface area contributed by atoms with E-state index in [1.54, 1.807) is 0 Å². The molecule has 0 heterocycles. The summed E-state index contributed by atoms with van der Waals surface area (Å²) < 4.78 is 23.1. The van der Waals surface area contributed by atoms with Gasteiger partial charge in [0.2, 0.25) is 0 Å². The van der Waals surface area contributed by atoms with Gasteiger partial charge in [-0.2, -0.15) is 0 Å². The number of carboxylic acid groups (broad SMARTS) is 1. The SMILES string of the molecule is CC/C=C\C/C=C\C/C=C\C/C=C\C/C=C\CCCCCCCCCCCCCCCCCCCCCC(=O)OC(COC(=O)CCCCCCCCCCCCCCCCCCCCCCCCCCCCCCCCC)COC(OCC[N+](C)(C)C)C(=O)O. The first-order valence-electron chi connectivity index (χ1n) is 39.5. The van der Waals surface area contributed by atoms with Crippen LogP contribution in [0.25, 0.3) is 0 Å². The number of nitrogens with zero attached hydrogens (tertiary/aromatic N) is 1. The number of carboxylic acids is 1. The molecule has 2 atom stereocenters. The number of aliphatic carboxylic acids is 1. The van der Waals surface area contributed by atoms with Gasteiger partial charge >= 0.3 is 17.9 Å². The van der Waals surface area contributed by atoms with Crippen LogP contribution in [0.15, 0.2) is 60.8 Å². The average Bonchev–Trinajstić information content (AvgIpc) is 3.46. The summed E-state index contributed by atoms with van der Waals surface area (Å²) in [6.07, 6.45) is 93.7. The highest BCUT2D eigenvalue weighted by molar-refractivity contribution is 5.71. The summed E-state index contributed by atoms with van der Waals surface area (Å²) >= 11 is 0. The van der Waals surface area contributed by atoms with Gasteiger partial charge in [-0.3, -0.25) is 9.59 Å². The van der Waals surface area contributed by atoms with E-state index in [1.807, 2.05) is 21.1 Å². The summed E-state index contributed by atoms with van der Waals surface area (Å²) in [6, 6.07) is 0. The van der Waals surface area contributed by atoms with Gasteiger partial charge in [0.15, 0.2) is 6.10 Å². The van der Waals surface area contributed by atoms with Gasteiger partial charge in [0, 0.05) is 12.8 Å². The number of ether oxygens (including phenoxy) is 4. The topological polar surface area (TPSA) is 108 Å². The Balaban J connectivity index is 3.99. The molecule has 0 saturated heterocycles. The summed E-state index contributed by atoms with van der Waals surface area (Å²) in [4.78, 5) is 37.7. The largest absolute Gasteiger partial charge is 0.477 e. The van der Waals surface area contributed by atoms with Gasteiger partial charge in [-0.1, -0.05) is 376 Å². The molecule has 532 valence electrons. The first kappa shape index (κ1) is 88.0. The maximum absolute atomic E-state index is 13.0. The van der Waals surface area contributed by atoms with E-state index in [0.717, 1.165) is 70.6 Å². The molecule has 0 aromatic carbocycles. The second-order valence-electron chi connectivity index (χ2n) is 28.0. The van der Waals surface area contributed by atoms with Gasteiger partial charge < -0.3 is 28.5 Å². The Morgan fingerprint density at radius 2 is 0.626 bits per heavy atom. The van der Waals surface area contributed by atoms with Gasteiger partial charge in [0.25, 0.3) is 6.29 Å². The fourth-order valence-corrected chi connectivity index (χ4v) is 11.8. The Kier molecular flexibility index (Phi) is 70.4. The molecule has 0 aliphatic carbocycles. The van der Waals surface area contributed by atoms with Crippen molar-refractivity contribution in [1.29, 1.82) is 0 Å². The molecule has 0 aromatic rings. The average molecular weight is 1280 g/mol. The van der Waals surface area contributed by atoms with Crippen molar-refractivity contribution in [2.75, 3.05) is 47.5 Å². The first-order valence-corrected chi connectivity index (χ1v) is 39.5. The van der Waals surface area contributed by atoms with E-state index in [2.05, 4.69) is 74.6 Å². The van der Waals surface area contributed by atoms with Gasteiger partial charge in [-0.15, -0.1) is 0 Å². The highest BCUT2D eigenvalue weighted by Crippen LogP contribution is 2.20. The van der Waals surface area contributed by atoms with E-state index in [1.165, 1.54) is 289 Å². The number of quaternary nitrogens is 1. The van der Waals surface area contributed by atoms with Crippen LogP contribution in [0.4, 0.5) is 0 Å². The van der Waals surface area contributed by atoms with E-state index >= 15 is 0 Å². The van der Waals surface area contributed by atoms with E-state index in [9.17, 15) is 19.5 Å². The molecule has 1 N–H and O–H groups in total. The molecule has 0 fully saturated rings. The van der Waals surface area contributed by atoms with Crippen molar-refractivity contribution < 1.29 is 42.9 Å². The van der Waals surface area contributed by atoms with Crippen LogP contribution >= 0.6 is 0 Å². The first-order chi connectivity index (χ1) is 44.6. The second kappa shape index (κ2) is 72.8. The molecule has 0 aliphatic heterocycles. The molecule has 9 nitrogen and oxygen atoms in total. The Morgan fingerprint density at radius 3 is 0.934 bits per heavy atom. The fourth-order valence-electron chi connectivity index (χ4n) is 11.8. The summed E-state index contributed by atoms with van der Waals surface area (Å²) in [7, 11) is 6.00. The number of allylic oxidation sites excluding steroid dienone is 10. The third-order valence-electron chi connectivity index (χ3n) is 17.8. The highest BCUT2D eigenvalue weighted by Gasteiger charge is 2.25. The molecule has 0 amide bonds. The second-order valence-corrected chi connectivity index (χ2v) is 28.0. The number of unbranched alkanes of at least 4 members (excludes halogenated alkanes) is 49. The van der Waals surface area contributed by atoms with Gasteiger partial charge in [-0.05, 0) is 57.8 Å². The summed E-state index contributed by atoms with van der Waals surface area (Å²) in [5.41, 5.74) is 0. The van der Waals surface area contributed by atoms with Crippen molar-refractivity contribution in [2.45, 2.75) is 399 Å². The molecule has 91 heavy (non-hydrogen) atoms.